The van der Waals surface area contributed by atoms with Gasteiger partial charge in [0, 0.05) is 12.0 Å². The van der Waals surface area contributed by atoms with Crippen LogP contribution in [0, 0.1) is 0 Å². The zero-order valence-electron chi connectivity index (χ0n) is 10.1. The fourth-order valence-corrected chi connectivity index (χ4v) is 2.28. The lowest BCUT2D eigenvalue weighted by Gasteiger charge is -2.18. The van der Waals surface area contributed by atoms with E-state index in [0.717, 1.165) is 6.07 Å². The fourth-order valence-electron chi connectivity index (χ4n) is 1.82. The van der Waals surface area contributed by atoms with Gasteiger partial charge < -0.3 is 8.92 Å². The van der Waals surface area contributed by atoms with Gasteiger partial charge in [-0.1, -0.05) is 12.1 Å². The van der Waals surface area contributed by atoms with Crippen molar-refractivity contribution in [2.45, 2.75) is 31.4 Å². The van der Waals surface area contributed by atoms with Gasteiger partial charge in [0.2, 0.25) is 0 Å². The molecule has 1 aliphatic heterocycles. The minimum absolute atomic E-state index is 0.0420. The van der Waals surface area contributed by atoms with Crippen molar-refractivity contribution in [2.24, 2.45) is 0 Å². The largest absolute Gasteiger partial charge is 0.534 e. The van der Waals surface area contributed by atoms with Gasteiger partial charge in [-0.3, -0.25) is 0 Å². The molecule has 8 heteroatoms. The first-order valence-electron chi connectivity index (χ1n) is 5.33. The van der Waals surface area contributed by atoms with E-state index in [4.69, 9.17) is 4.74 Å². The molecule has 0 aromatic heterocycles. The molecule has 0 bridgehead atoms. The Morgan fingerprint density at radius 2 is 1.95 bits per heavy atom. The SMILES string of the molecule is CC1(C)Cc2cccc(OS(=O)(=O)C(F)(F)F)c2O1. The standard InChI is InChI=1S/C11H11F3O4S/c1-10(2)6-7-4-3-5-8(9(7)17-10)18-19(15,16)11(12,13)14/h3-5H,6H2,1-2H3. The molecular weight excluding hydrogens is 285 g/mol. The molecule has 0 saturated carbocycles. The van der Waals surface area contributed by atoms with E-state index in [1.165, 1.54) is 6.07 Å². The van der Waals surface area contributed by atoms with Gasteiger partial charge in [0.15, 0.2) is 11.5 Å². The van der Waals surface area contributed by atoms with Crippen molar-refractivity contribution >= 4 is 10.1 Å². The number of ether oxygens (including phenoxy) is 1. The Balaban J connectivity index is 2.38. The van der Waals surface area contributed by atoms with Crippen LogP contribution in [0.2, 0.25) is 0 Å². The van der Waals surface area contributed by atoms with Gasteiger partial charge in [0.25, 0.3) is 0 Å². The molecule has 1 aliphatic rings. The van der Waals surface area contributed by atoms with E-state index in [-0.39, 0.29) is 5.75 Å². The lowest BCUT2D eigenvalue weighted by Crippen LogP contribution is -2.28. The summed E-state index contributed by atoms with van der Waals surface area (Å²) in [5.41, 5.74) is -5.46. The third-order valence-corrected chi connectivity index (χ3v) is 3.50. The molecule has 0 radical (unpaired) electrons. The zero-order valence-corrected chi connectivity index (χ0v) is 10.9. The van der Waals surface area contributed by atoms with Crippen molar-refractivity contribution in [3.8, 4) is 11.5 Å². The summed E-state index contributed by atoms with van der Waals surface area (Å²) in [6, 6.07) is 4.20. The van der Waals surface area contributed by atoms with Gasteiger partial charge in [0.05, 0.1) is 0 Å². The highest BCUT2D eigenvalue weighted by molar-refractivity contribution is 7.88. The Morgan fingerprint density at radius 1 is 1.32 bits per heavy atom. The van der Waals surface area contributed by atoms with Gasteiger partial charge in [-0.25, -0.2) is 0 Å². The third-order valence-electron chi connectivity index (χ3n) is 2.54. The number of fused-ring (bicyclic) bond motifs is 1. The first kappa shape index (κ1) is 14.0. The minimum atomic E-state index is -5.69. The van der Waals surface area contributed by atoms with Crippen molar-refractivity contribution in [1.29, 1.82) is 0 Å². The van der Waals surface area contributed by atoms with Crippen LogP contribution in [-0.2, 0) is 16.5 Å². The van der Waals surface area contributed by atoms with Crippen LogP contribution in [0.1, 0.15) is 19.4 Å². The smallest absolute Gasteiger partial charge is 0.483 e. The van der Waals surface area contributed by atoms with Crippen molar-refractivity contribution in [1.82, 2.24) is 0 Å². The topological polar surface area (TPSA) is 52.6 Å². The summed E-state index contributed by atoms with van der Waals surface area (Å²) < 4.78 is 68.3. The van der Waals surface area contributed by atoms with Crippen LogP contribution in [0.15, 0.2) is 18.2 Å². The third kappa shape index (κ3) is 2.63. The van der Waals surface area contributed by atoms with E-state index >= 15 is 0 Å². The average molecular weight is 296 g/mol. The van der Waals surface area contributed by atoms with E-state index in [1.807, 2.05) is 0 Å². The molecule has 2 rings (SSSR count). The zero-order chi connectivity index (χ0) is 14.5. The van der Waals surface area contributed by atoms with Crippen LogP contribution in [-0.4, -0.2) is 19.5 Å². The molecule has 0 aliphatic carbocycles. The van der Waals surface area contributed by atoms with Crippen molar-refractivity contribution in [3.63, 3.8) is 0 Å². The van der Waals surface area contributed by atoms with E-state index in [2.05, 4.69) is 4.18 Å². The molecular formula is C11H11F3O4S. The van der Waals surface area contributed by atoms with Crippen LogP contribution in [0.25, 0.3) is 0 Å². The van der Waals surface area contributed by atoms with Gasteiger partial charge in [-0.2, -0.15) is 21.6 Å². The molecule has 0 amide bonds. The molecule has 0 fully saturated rings. The van der Waals surface area contributed by atoms with E-state index in [0.29, 0.717) is 12.0 Å². The molecule has 0 N–H and O–H groups in total. The lowest BCUT2D eigenvalue weighted by molar-refractivity contribution is -0.0500. The molecule has 4 nitrogen and oxygen atoms in total. The number of hydrogen-bond acceptors (Lipinski definition) is 4. The first-order chi connectivity index (χ1) is 8.52. The molecule has 0 atom stereocenters. The average Bonchev–Trinajstić information content (AvgIpc) is 2.51. The number of halogens is 3. The Labute approximate surface area is 108 Å². The molecule has 0 spiro atoms. The Morgan fingerprint density at radius 3 is 2.53 bits per heavy atom. The van der Waals surface area contributed by atoms with Crippen molar-refractivity contribution in [2.75, 3.05) is 0 Å². The summed E-state index contributed by atoms with van der Waals surface area (Å²) >= 11 is 0. The second-order valence-corrected chi connectivity index (χ2v) is 6.30. The van der Waals surface area contributed by atoms with Gasteiger partial charge in [-0.05, 0) is 19.9 Å². The van der Waals surface area contributed by atoms with Gasteiger partial charge >= 0.3 is 15.6 Å². The summed E-state index contributed by atoms with van der Waals surface area (Å²) in [4.78, 5) is 0. The number of benzene rings is 1. The number of hydrogen-bond donors (Lipinski definition) is 0. The predicted molar refractivity (Wildman–Crippen MR) is 60.5 cm³/mol. The van der Waals surface area contributed by atoms with Crippen molar-refractivity contribution < 1.29 is 30.5 Å². The van der Waals surface area contributed by atoms with E-state index in [1.54, 1.807) is 19.9 Å². The van der Waals surface area contributed by atoms with Crippen LogP contribution in [0.5, 0.6) is 11.5 Å². The maximum Gasteiger partial charge on any atom is 0.534 e. The fraction of sp³-hybridized carbons (Fsp3) is 0.455. The Kier molecular flexibility index (Phi) is 2.96. The number of alkyl halides is 3. The molecule has 1 aromatic carbocycles. The number of para-hydroxylation sites is 1. The van der Waals surface area contributed by atoms with E-state index in [9.17, 15) is 21.6 Å². The number of rotatable bonds is 2. The molecule has 19 heavy (non-hydrogen) atoms. The molecule has 0 unspecified atom stereocenters. The molecule has 1 aromatic rings. The van der Waals surface area contributed by atoms with Crippen LogP contribution in [0.3, 0.4) is 0 Å². The van der Waals surface area contributed by atoms with Crippen molar-refractivity contribution in [3.05, 3.63) is 23.8 Å². The second kappa shape index (κ2) is 4.03. The van der Waals surface area contributed by atoms with E-state index < -0.39 is 27.0 Å². The lowest BCUT2D eigenvalue weighted by atomic mass is 10.0. The summed E-state index contributed by atoms with van der Waals surface area (Å²) in [6.45, 7) is 3.49. The second-order valence-electron chi connectivity index (χ2n) is 4.77. The highest BCUT2D eigenvalue weighted by atomic mass is 32.2. The van der Waals surface area contributed by atoms with Gasteiger partial charge in [-0.15, -0.1) is 0 Å². The van der Waals surface area contributed by atoms with Crippen LogP contribution in [0.4, 0.5) is 13.2 Å². The first-order valence-corrected chi connectivity index (χ1v) is 6.74. The van der Waals surface area contributed by atoms with Gasteiger partial charge in [0.1, 0.15) is 5.60 Å². The Hall–Kier alpha value is -1.44. The van der Waals surface area contributed by atoms with Crippen LogP contribution >= 0.6 is 0 Å². The molecule has 1 heterocycles. The minimum Gasteiger partial charge on any atom is -0.483 e. The summed E-state index contributed by atoms with van der Waals surface area (Å²) in [5.74, 6) is -0.402. The molecule has 106 valence electrons. The predicted octanol–water partition coefficient (Wildman–Crippen LogP) is 2.63. The summed E-state index contributed by atoms with van der Waals surface area (Å²) in [5, 5.41) is 0. The highest BCUT2D eigenvalue weighted by Gasteiger charge is 2.49. The Bertz CT molecular complexity index is 605. The highest BCUT2D eigenvalue weighted by Crippen LogP contribution is 2.43. The normalized spacial score (nSPS) is 17.7. The summed E-state index contributed by atoms with van der Waals surface area (Å²) in [7, 11) is -5.69. The van der Waals surface area contributed by atoms with Crippen LogP contribution < -0.4 is 8.92 Å². The summed E-state index contributed by atoms with van der Waals surface area (Å²) in [6.07, 6.45) is 0.464. The quantitative estimate of drug-likeness (QED) is 0.622. The monoisotopic (exact) mass is 296 g/mol. The molecule has 0 saturated heterocycles. The maximum atomic E-state index is 12.3. The maximum absolute atomic E-state index is 12.3.